The highest BCUT2D eigenvalue weighted by atomic mass is 14.4. The quantitative estimate of drug-likeness (QED) is 0.226. The fraction of sp³-hybridized carbons (Fsp3) is 1.00. The molecule has 0 amide bonds. The van der Waals surface area contributed by atoms with Gasteiger partial charge in [0.05, 0.1) is 0 Å². The molecule has 0 bridgehead atoms. The molecular weight excluding hydrogens is 348 g/mol. The van der Waals surface area contributed by atoms with Crippen molar-refractivity contribution in [2.75, 3.05) is 0 Å². The van der Waals surface area contributed by atoms with Crippen molar-refractivity contribution in [3.05, 3.63) is 0 Å². The molecule has 0 saturated heterocycles. The number of hydrogen-bond acceptors (Lipinski definition) is 0. The van der Waals surface area contributed by atoms with E-state index in [2.05, 4.69) is 48.5 Å². The van der Waals surface area contributed by atoms with Crippen LogP contribution < -0.4 is 0 Å². The summed E-state index contributed by atoms with van der Waals surface area (Å²) < 4.78 is 0. The van der Waals surface area contributed by atoms with Crippen LogP contribution >= 0.6 is 0 Å². The third-order valence-corrected chi connectivity index (χ3v) is 9.19. The topological polar surface area (TPSA) is 0 Å². The van der Waals surface area contributed by atoms with E-state index in [1.165, 1.54) is 70.6 Å². The van der Waals surface area contributed by atoms with Gasteiger partial charge in [-0.05, 0) is 91.8 Å². The third-order valence-electron chi connectivity index (χ3n) is 9.19. The molecule has 0 aliphatic heterocycles. The maximum Gasteiger partial charge on any atom is -0.0383 e. The first-order valence-electron chi connectivity index (χ1n) is 13.8. The molecule has 2 fully saturated rings. The zero-order chi connectivity index (χ0) is 21.4. The van der Waals surface area contributed by atoms with E-state index in [0.717, 1.165) is 53.3 Å². The Labute approximate surface area is 185 Å². The zero-order valence-corrected chi connectivity index (χ0v) is 21.4. The van der Waals surface area contributed by atoms with Crippen LogP contribution in [0.15, 0.2) is 0 Å². The molecule has 2 aliphatic rings. The molecule has 4 unspecified atom stereocenters. The van der Waals surface area contributed by atoms with Gasteiger partial charge in [0.15, 0.2) is 0 Å². The molecule has 8 atom stereocenters. The molecule has 0 aromatic carbocycles. The average Bonchev–Trinajstić information content (AvgIpc) is 3.60. The van der Waals surface area contributed by atoms with Gasteiger partial charge in [-0.1, -0.05) is 93.4 Å². The van der Waals surface area contributed by atoms with Crippen molar-refractivity contribution in [2.24, 2.45) is 53.3 Å². The van der Waals surface area contributed by atoms with Crippen LogP contribution in [0.1, 0.15) is 132 Å². The highest BCUT2D eigenvalue weighted by Gasteiger charge is 2.38. The first kappa shape index (κ1) is 25.3. The molecule has 0 N–H and O–H groups in total. The fourth-order valence-corrected chi connectivity index (χ4v) is 5.68. The van der Waals surface area contributed by atoms with Crippen LogP contribution in [0.4, 0.5) is 0 Å². The van der Waals surface area contributed by atoms with Crippen LogP contribution in [-0.2, 0) is 0 Å². The summed E-state index contributed by atoms with van der Waals surface area (Å²) in [7, 11) is 0. The summed E-state index contributed by atoms with van der Waals surface area (Å²) in [4.78, 5) is 0. The van der Waals surface area contributed by atoms with Crippen molar-refractivity contribution in [2.45, 2.75) is 132 Å². The maximum absolute atomic E-state index is 2.54. The summed E-state index contributed by atoms with van der Waals surface area (Å²) >= 11 is 0. The lowest BCUT2D eigenvalue weighted by Gasteiger charge is -2.20. The normalized spacial score (nSPS) is 30.2. The summed E-state index contributed by atoms with van der Waals surface area (Å²) in [6.07, 6.45) is 19.3. The molecule has 0 heterocycles. The lowest BCUT2D eigenvalue weighted by molar-refractivity contribution is 0.306. The first-order chi connectivity index (χ1) is 13.8. The molecule has 2 aliphatic carbocycles. The molecule has 0 nitrogen and oxygen atoms in total. The smallest absolute Gasteiger partial charge is 0.0383 e. The van der Waals surface area contributed by atoms with Crippen LogP contribution in [-0.4, -0.2) is 0 Å². The van der Waals surface area contributed by atoms with E-state index in [1.807, 2.05) is 0 Å². The van der Waals surface area contributed by atoms with E-state index in [0.29, 0.717) is 0 Å². The van der Waals surface area contributed by atoms with Gasteiger partial charge in [0, 0.05) is 0 Å². The van der Waals surface area contributed by atoms with Gasteiger partial charge in [0.2, 0.25) is 0 Å². The molecule has 0 heteroatoms. The predicted octanol–water partition coefficient (Wildman–Crippen LogP) is 9.77. The van der Waals surface area contributed by atoms with Gasteiger partial charge >= 0.3 is 0 Å². The zero-order valence-electron chi connectivity index (χ0n) is 21.4. The largest absolute Gasteiger partial charge is 0.0654 e. The summed E-state index contributed by atoms with van der Waals surface area (Å²) in [6.45, 7) is 17.2. The summed E-state index contributed by atoms with van der Waals surface area (Å²) in [5, 5.41) is 0. The van der Waals surface area contributed by atoms with E-state index in [-0.39, 0.29) is 0 Å². The molecule has 0 aromatic heterocycles. The van der Waals surface area contributed by atoms with Crippen molar-refractivity contribution in [1.82, 2.24) is 0 Å². The SMILES string of the molecule is CCCC[C@H](C)C(C)CC[C@@H]1CC1CC[C@H](C)C(C)CC[C@@H]1CC1CCC(C)C. The molecule has 172 valence electrons. The van der Waals surface area contributed by atoms with Crippen LogP contribution in [0.5, 0.6) is 0 Å². The van der Waals surface area contributed by atoms with Crippen LogP contribution in [0, 0.1) is 53.3 Å². The van der Waals surface area contributed by atoms with E-state index < -0.39 is 0 Å². The Hall–Kier alpha value is 0. The summed E-state index contributed by atoms with van der Waals surface area (Å²) in [5.74, 6) is 9.03. The summed E-state index contributed by atoms with van der Waals surface area (Å²) in [5.41, 5.74) is 0. The Morgan fingerprint density at radius 1 is 0.517 bits per heavy atom. The number of rotatable bonds is 17. The Morgan fingerprint density at radius 3 is 1.21 bits per heavy atom. The van der Waals surface area contributed by atoms with Crippen molar-refractivity contribution in [3.63, 3.8) is 0 Å². The Balaban J connectivity index is 1.49. The van der Waals surface area contributed by atoms with Crippen LogP contribution in [0.25, 0.3) is 0 Å². The Morgan fingerprint density at radius 2 is 0.862 bits per heavy atom. The molecule has 0 spiro atoms. The molecule has 0 radical (unpaired) electrons. The molecule has 0 aromatic rings. The van der Waals surface area contributed by atoms with Crippen molar-refractivity contribution >= 4 is 0 Å². The second-order valence-corrected chi connectivity index (χ2v) is 12.3. The van der Waals surface area contributed by atoms with Gasteiger partial charge in [0.1, 0.15) is 0 Å². The van der Waals surface area contributed by atoms with Gasteiger partial charge in [-0.15, -0.1) is 0 Å². The summed E-state index contributed by atoms with van der Waals surface area (Å²) in [6, 6.07) is 0. The minimum atomic E-state index is 0.897. The average molecular weight is 405 g/mol. The standard InChI is InChI=1S/C29H56/c1-8-9-10-22(4)23(5)12-16-28-20-29(28)18-14-25(7)24(6)13-17-27-19-26(27)15-11-21(2)3/h21-29H,8-20H2,1-7H3/t22-,23?,24?,25-,26?,27+,28+,29?/m0/s1. The molecule has 2 saturated carbocycles. The molecule has 29 heavy (non-hydrogen) atoms. The van der Waals surface area contributed by atoms with Crippen molar-refractivity contribution in [3.8, 4) is 0 Å². The fourth-order valence-electron chi connectivity index (χ4n) is 5.68. The van der Waals surface area contributed by atoms with Gasteiger partial charge < -0.3 is 0 Å². The first-order valence-corrected chi connectivity index (χ1v) is 13.8. The van der Waals surface area contributed by atoms with E-state index in [1.54, 1.807) is 12.8 Å². The Bertz CT molecular complexity index is 424. The monoisotopic (exact) mass is 404 g/mol. The van der Waals surface area contributed by atoms with Crippen LogP contribution in [0.2, 0.25) is 0 Å². The highest BCUT2D eigenvalue weighted by molar-refractivity contribution is 4.88. The van der Waals surface area contributed by atoms with Crippen molar-refractivity contribution < 1.29 is 0 Å². The number of unbranched alkanes of at least 4 members (excludes halogenated alkanes) is 1. The Kier molecular flexibility index (Phi) is 11.1. The lowest BCUT2D eigenvalue weighted by atomic mass is 9.85. The number of hydrogen-bond donors (Lipinski definition) is 0. The van der Waals surface area contributed by atoms with Gasteiger partial charge in [0.25, 0.3) is 0 Å². The lowest BCUT2D eigenvalue weighted by Crippen LogP contribution is -2.09. The predicted molar refractivity (Wildman–Crippen MR) is 131 cm³/mol. The minimum Gasteiger partial charge on any atom is -0.0654 e. The van der Waals surface area contributed by atoms with Gasteiger partial charge in [-0.3, -0.25) is 0 Å². The molecule has 2 rings (SSSR count). The van der Waals surface area contributed by atoms with E-state index in [4.69, 9.17) is 0 Å². The second kappa shape index (κ2) is 12.8. The van der Waals surface area contributed by atoms with E-state index >= 15 is 0 Å². The van der Waals surface area contributed by atoms with Gasteiger partial charge in [-0.25, -0.2) is 0 Å². The second-order valence-electron chi connectivity index (χ2n) is 12.3. The maximum atomic E-state index is 2.54. The minimum absolute atomic E-state index is 0.897. The third kappa shape index (κ3) is 9.78. The molecular formula is C29H56. The van der Waals surface area contributed by atoms with E-state index in [9.17, 15) is 0 Å². The van der Waals surface area contributed by atoms with Gasteiger partial charge in [-0.2, -0.15) is 0 Å². The van der Waals surface area contributed by atoms with Crippen LogP contribution in [0.3, 0.4) is 0 Å². The highest BCUT2D eigenvalue weighted by Crippen LogP contribution is 2.48. The van der Waals surface area contributed by atoms with Crippen molar-refractivity contribution in [1.29, 1.82) is 0 Å².